The van der Waals surface area contributed by atoms with Crippen LogP contribution in [0.4, 0.5) is 5.69 Å². The van der Waals surface area contributed by atoms with Gasteiger partial charge in [-0.05, 0) is 17.7 Å². The number of aliphatic imine (C=N–C) groups is 1. The third kappa shape index (κ3) is 2.47. The number of morpholine rings is 1. The van der Waals surface area contributed by atoms with E-state index in [0.29, 0.717) is 5.17 Å². The smallest absolute Gasteiger partial charge is 0.154 e. The van der Waals surface area contributed by atoms with Crippen LogP contribution in [-0.4, -0.2) is 37.2 Å². The third-order valence-corrected chi connectivity index (χ3v) is 4.21. The average molecular weight is 263 g/mol. The molecule has 1 unspecified atom stereocenters. The Morgan fingerprint density at radius 1 is 1.22 bits per heavy atom. The number of ether oxygens (including phenoxy) is 1. The van der Waals surface area contributed by atoms with Gasteiger partial charge in [0.25, 0.3) is 0 Å². The molecule has 4 nitrogen and oxygen atoms in total. The number of thioether (sulfide) groups is 1. The van der Waals surface area contributed by atoms with Gasteiger partial charge in [0, 0.05) is 24.5 Å². The molecule has 96 valence electrons. The first kappa shape index (κ1) is 11.9. The van der Waals surface area contributed by atoms with E-state index in [2.05, 4.69) is 34.2 Å². The van der Waals surface area contributed by atoms with E-state index in [1.807, 2.05) is 0 Å². The van der Waals surface area contributed by atoms with E-state index >= 15 is 0 Å². The van der Waals surface area contributed by atoms with Crippen LogP contribution in [-0.2, 0) is 4.74 Å². The normalized spacial score (nSPS) is 24.1. The maximum Gasteiger partial charge on any atom is 0.154 e. The number of nitrogens with two attached hydrogens (primary N) is 1. The molecule has 1 atom stereocenters. The summed E-state index contributed by atoms with van der Waals surface area (Å²) in [5.74, 6) is 0.961. The number of anilines is 1. The SMILES string of the molecule is NC1=NC(c2ccc(N3CCOCC3)cc2)CS1. The maximum atomic E-state index is 5.70. The van der Waals surface area contributed by atoms with Crippen molar-refractivity contribution in [3.63, 3.8) is 0 Å². The van der Waals surface area contributed by atoms with Gasteiger partial charge in [0.15, 0.2) is 5.17 Å². The van der Waals surface area contributed by atoms with Crippen molar-refractivity contribution in [2.75, 3.05) is 37.0 Å². The number of nitrogens with zero attached hydrogens (tertiary/aromatic N) is 2. The largest absolute Gasteiger partial charge is 0.379 e. The van der Waals surface area contributed by atoms with Gasteiger partial charge in [0.05, 0.1) is 19.3 Å². The summed E-state index contributed by atoms with van der Waals surface area (Å²) in [6, 6.07) is 8.91. The molecule has 1 fully saturated rings. The molecule has 0 aliphatic carbocycles. The molecule has 1 aromatic carbocycles. The van der Waals surface area contributed by atoms with Gasteiger partial charge in [-0.25, -0.2) is 0 Å². The van der Waals surface area contributed by atoms with E-state index in [9.17, 15) is 0 Å². The second-order valence-corrected chi connectivity index (χ2v) is 5.53. The Balaban J connectivity index is 1.72. The minimum Gasteiger partial charge on any atom is -0.379 e. The molecule has 3 rings (SSSR count). The van der Waals surface area contributed by atoms with Gasteiger partial charge in [-0.3, -0.25) is 4.99 Å². The molecule has 0 bridgehead atoms. The zero-order valence-electron chi connectivity index (χ0n) is 10.2. The lowest BCUT2D eigenvalue weighted by Gasteiger charge is -2.29. The van der Waals surface area contributed by atoms with Crippen LogP contribution in [0.5, 0.6) is 0 Å². The number of rotatable bonds is 2. The molecule has 2 N–H and O–H groups in total. The molecule has 0 radical (unpaired) electrons. The Morgan fingerprint density at radius 2 is 1.94 bits per heavy atom. The second kappa shape index (κ2) is 5.20. The molecule has 0 spiro atoms. The van der Waals surface area contributed by atoms with Crippen LogP contribution >= 0.6 is 11.8 Å². The Labute approximate surface area is 111 Å². The van der Waals surface area contributed by atoms with E-state index in [4.69, 9.17) is 10.5 Å². The van der Waals surface area contributed by atoms with Crippen molar-refractivity contribution < 1.29 is 4.74 Å². The molecule has 18 heavy (non-hydrogen) atoms. The van der Waals surface area contributed by atoms with Crippen LogP contribution < -0.4 is 10.6 Å². The molecule has 1 saturated heterocycles. The highest BCUT2D eigenvalue weighted by molar-refractivity contribution is 8.14. The van der Waals surface area contributed by atoms with Crippen LogP contribution in [0.25, 0.3) is 0 Å². The van der Waals surface area contributed by atoms with E-state index in [1.165, 1.54) is 11.3 Å². The van der Waals surface area contributed by atoms with E-state index < -0.39 is 0 Å². The first-order valence-electron chi connectivity index (χ1n) is 6.21. The molecule has 0 saturated carbocycles. The van der Waals surface area contributed by atoms with Crippen LogP contribution in [0.1, 0.15) is 11.6 Å². The molecular weight excluding hydrogens is 246 g/mol. The predicted octanol–water partition coefficient (Wildman–Crippen LogP) is 1.63. The lowest BCUT2D eigenvalue weighted by molar-refractivity contribution is 0.122. The lowest BCUT2D eigenvalue weighted by atomic mass is 10.1. The van der Waals surface area contributed by atoms with E-state index in [0.717, 1.165) is 32.1 Å². The summed E-state index contributed by atoms with van der Waals surface area (Å²) in [7, 11) is 0. The lowest BCUT2D eigenvalue weighted by Crippen LogP contribution is -2.36. The Morgan fingerprint density at radius 3 is 2.56 bits per heavy atom. The highest BCUT2D eigenvalue weighted by atomic mass is 32.2. The van der Waals surface area contributed by atoms with Gasteiger partial charge in [-0.2, -0.15) is 0 Å². The zero-order chi connectivity index (χ0) is 12.4. The fourth-order valence-corrected chi connectivity index (χ4v) is 3.09. The van der Waals surface area contributed by atoms with Crippen molar-refractivity contribution in [2.45, 2.75) is 6.04 Å². The predicted molar refractivity (Wildman–Crippen MR) is 76.3 cm³/mol. The van der Waals surface area contributed by atoms with Crippen LogP contribution in [0.2, 0.25) is 0 Å². The van der Waals surface area contributed by atoms with Crippen molar-refractivity contribution in [1.82, 2.24) is 0 Å². The van der Waals surface area contributed by atoms with Crippen molar-refractivity contribution in [3.05, 3.63) is 29.8 Å². The van der Waals surface area contributed by atoms with E-state index in [1.54, 1.807) is 11.8 Å². The molecule has 2 heterocycles. The summed E-state index contributed by atoms with van der Waals surface area (Å²) < 4.78 is 5.36. The van der Waals surface area contributed by atoms with Gasteiger partial charge in [0.1, 0.15) is 0 Å². The molecule has 2 aliphatic heterocycles. The number of amidine groups is 1. The fourth-order valence-electron chi connectivity index (χ4n) is 2.29. The molecule has 5 heteroatoms. The highest BCUT2D eigenvalue weighted by Crippen LogP contribution is 2.30. The number of hydrogen-bond acceptors (Lipinski definition) is 5. The second-order valence-electron chi connectivity index (χ2n) is 4.49. The molecule has 0 aromatic heterocycles. The Bertz CT molecular complexity index is 440. The third-order valence-electron chi connectivity index (χ3n) is 3.33. The Kier molecular flexibility index (Phi) is 3.43. The monoisotopic (exact) mass is 263 g/mol. The number of benzene rings is 1. The Hall–Kier alpha value is -1.20. The van der Waals surface area contributed by atoms with Crippen molar-refractivity contribution in [1.29, 1.82) is 0 Å². The van der Waals surface area contributed by atoms with Crippen molar-refractivity contribution in [2.24, 2.45) is 10.7 Å². The quantitative estimate of drug-likeness (QED) is 0.881. The standard InChI is InChI=1S/C13H17N3OS/c14-13-15-12(9-18-13)10-1-3-11(4-2-10)16-5-7-17-8-6-16/h1-4,12H,5-9H2,(H2,14,15). The minimum absolute atomic E-state index is 0.230. The molecule has 0 amide bonds. The van der Waals surface area contributed by atoms with Gasteiger partial charge in [0.2, 0.25) is 0 Å². The maximum absolute atomic E-state index is 5.70. The van der Waals surface area contributed by atoms with Crippen LogP contribution in [0.15, 0.2) is 29.3 Å². The average Bonchev–Trinajstić information content (AvgIpc) is 2.87. The fraction of sp³-hybridized carbons (Fsp3) is 0.462. The summed E-state index contributed by atoms with van der Waals surface area (Å²) in [6.07, 6.45) is 0. The summed E-state index contributed by atoms with van der Waals surface area (Å²) >= 11 is 1.63. The topological polar surface area (TPSA) is 50.8 Å². The zero-order valence-corrected chi connectivity index (χ0v) is 11.0. The highest BCUT2D eigenvalue weighted by Gasteiger charge is 2.18. The van der Waals surface area contributed by atoms with Gasteiger partial charge in [-0.1, -0.05) is 23.9 Å². The van der Waals surface area contributed by atoms with Crippen LogP contribution in [0, 0.1) is 0 Å². The van der Waals surface area contributed by atoms with E-state index in [-0.39, 0.29) is 6.04 Å². The van der Waals surface area contributed by atoms with Gasteiger partial charge < -0.3 is 15.4 Å². The summed E-state index contributed by atoms with van der Waals surface area (Å²) in [6.45, 7) is 3.59. The minimum atomic E-state index is 0.230. The first-order valence-corrected chi connectivity index (χ1v) is 7.20. The summed E-state index contributed by atoms with van der Waals surface area (Å²) in [4.78, 5) is 6.78. The first-order chi connectivity index (χ1) is 8.83. The van der Waals surface area contributed by atoms with Crippen molar-refractivity contribution >= 4 is 22.6 Å². The van der Waals surface area contributed by atoms with Gasteiger partial charge >= 0.3 is 0 Å². The molecular formula is C13H17N3OS. The van der Waals surface area contributed by atoms with Gasteiger partial charge in [-0.15, -0.1) is 0 Å². The van der Waals surface area contributed by atoms with Crippen LogP contribution in [0.3, 0.4) is 0 Å². The number of hydrogen-bond donors (Lipinski definition) is 1. The van der Waals surface area contributed by atoms with Crippen molar-refractivity contribution in [3.8, 4) is 0 Å². The summed E-state index contributed by atoms with van der Waals surface area (Å²) in [5, 5.41) is 0.706. The molecule has 2 aliphatic rings. The summed E-state index contributed by atoms with van der Waals surface area (Å²) in [5.41, 5.74) is 8.22. The molecule has 1 aromatic rings.